The summed E-state index contributed by atoms with van der Waals surface area (Å²) in [5, 5.41) is 0. The van der Waals surface area contributed by atoms with Crippen molar-refractivity contribution in [2.24, 2.45) is 0 Å². The molecular formula is C16H24Cl2Zr. The first kappa shape index (κ1) is 24.4. The van der Waals surface area contributed by atoms with E-state index in [2.05, 4.69) is 50.3 Å². The van der Waals surface area contributed by atoms with Crippen LogP contribution >= 0.6 is 24.8 Å². The van der Waals surface area contributed by atoms with E-state index in [4.69, 9.17) is 0 Å². The Bertz CT molecular complexity index is 283. The van der Waals surface area contributed by atoms with Crippen LogP contribution in [0.4, 0.5) is 0 Å². The maximum absolute atomic E-state index is 3.26. The Labute approximate surface area is 150 Å². The number of hydrogen-bond acceptors (Lipinski definition) is 0. The SMILES string of the molecule is CCCC1=[C-]CC=C1.CCCC1=[C-]CC=C1.Cl.Cl.[Zr+2]. The Balaban J connectivity index is -0.000000233. The van der Waals surface area contributed by atoms with Gasteiger partial charge < -0.3 is 0 Å². The van der Waals surface area contributed by atoms with E-state index in [0.29, 0.717) is 0 Å². The molecule has 19 heavy (non-hydrogen) atoms. The largest absolute Gasteiger partial charge is 2.00 e. The fourth-order valence-electron chi connectivity index (χ4n) is 1.78. The summed E-state index contributed by atoms with van der Waals surface area (Å²) in [6, 6.07) is 0. The van der Waals surface area contributed by atoms with Crippen LogP contribution in [-0.2, 0) is 26.2 Å². The van der Waals surface area contributed by atoms with Crippen LogP contribution in [0.3, 0.4) is 0 Å². The fraction of sp³-hybridized carbons (Fsp3) is 0.500. The average molecular weight is 378 g/mol. The van der Waals surface area contributed by atoms with Gasteiger partial charge in [0.25, 0.3) is 0 Å². The molecule has 0 fully saturated rings. The summed E-state index contributed by atoms with van der Waals surface area (Å²) in [6.07, 6.45) is 22.2. The predicted octanol–water partition coefficient (Wildman–Crippen LogP) is 5.79. The van der Waals surface area contributed by atoms with Crippen LogP contribution in [0, 0.1) is 12.2 Å². The molecule has 2 aliphatic rings. The maximum atomic E-state index is 3.26. The molecule has 0 aromatic rings. The summed E-state index contributed by atoms with van der Waals surface area (Å²) in [5.74, 6) is 0. The molecule has 0 bridgehead atoms. The van der Waals surface area contributed by atoms with Crippen LogP contribution in [-0.4, -0.2) is 0 Å². The van der Waals surface area contributed by atoms with E-state index in [9.17, 15) is 0 Å². The first-order valence-corrected chi connectivity index (χ1v) is 6.39. The smallest absolute Gasteiger partial charge is 0.269 e. The fourth-order valence-corrected chi connectivity index (χ4v) is 1.78. The second-order valence-corrected chi connectivity index (χ2v) is 4.12. The summed E-state index contributed by atoms with van der Waals surface area (Å²) < 4.78 is 0. The van der Waals surface area contributed by atoms with Gasteiger partial charge in [0.05, 0.1) is 0 Å². The van der Waals surface area contributed by atoms with E-state index in [1.54, 1.807) is 0 Å². The Morgan fingerprint density at radius 3 is 1.42 bits per heavy atom. The van der Waals surface area contributed by atoms with Gasteiger partial charge in [-0.3, -0.25) is 12.2 Å². The second kappa shape index (κ2) is 16.5. The third kappa shape index (κ3) is 11.9. The molecule has 0 saturated heterocycles. The normalized spacial score (nSPS) is 14.2. The average Bonchev–Trinajstić information content (AvgIpc) is 2.92. The zero-order chi connectivity index (χ0) is 11.6. The summed E-state index contributed by atoms with van der Waals surface area (Å²) in [4.78, 5) is 0. The minimum absolute atomic E-state index is 0. The van der Waals surface area contributed by atoms with Crippen molar-refractivity contribution < 1.29 is 26.2 Å². The van der Waals surface area contributed by atoms with Crippen LogP contribution in [0.15, 0.2) is 35.5 Å². The second-order valence-electron chi connectivity index (χ2n) is 4.12. The Hall–Kier alpha value is 0.423. The molecule has 0 aromatic carbocycles. The molecule has 3 heteroatoms. The van der Waals surface area contributed by atoms with Crippen molar-refractivity contribution in [3.05, 3.63) is 47.6 Å². The molecule has 0 aliphatic heterocycles. The molecule has 0 atom stereocenters. The van der Waals surface area contributed by atoms with Crippen LogP contribution in [0.25, 0.3) is 0 Å². The predicted molar refractivity (Wildman–Crippen MR) is 85.3 cm³/mol. The van der Waals surface area contributed by atoms with Gasteiger partial charge in [-0.15, -0.1) is 37.7 Å². The molecule has 106 valence electrons. The van der Waals surface area contributed by atoms with Gasteiger partial charge >= 0.3 is 26.2 Å². The zero-order valence-electron chi connectivity index (χ0n) is 11.9. The van der Waals surface area contributed by atoms with Crippen LogP contribution in [0.5, 0.6) is 0 Å². The summed E-state index contributed by atoms with van der Waals surface area (Å²) >= 11 is 0. The summed E-state index contributed by atoms with van der Waals surface area (Å²) in [7, 11) is 0. The minimum Gasteiger partial charge on any atom is -0.269 e. The Kier molecular flexibility index (Phi) is 21.2. The molecule has 0 unspecified atom stereocenters. The topological polar surface area (TPSA) is 0 Å². The minimum atomic E-state index is 0. The first-order chi connectivity index (χ1) is 7.86. The monoisotopic (exact) mass is 376 g/mol. The molecule has 0 heterocycles. The number of rotatable bonds is 4. The van der Waals surface area contributed by atoms with Crippen molar-refractivity contribution in [3.8, 4) is 0 Å². The van der Waals surface area contributed by atoms with Gasteiger partial charge in [0.15, 0.2) is 0 Å². The van der Waals surface area contributed by atoms with Crippen molar-refractivity contribution in [3.63, 3.8) is 0 Å². The van der Waals surface area contributed by atoms with Gasteiger partial charge in [0.2, 0.25) is 0 Å². The van der Waals surface area contributed by atoms with Gasteiger partial charge in [-0.05, 0) is 0 Å². The van der Waals surface area contributed by atoms with Gasteiger partial charge in [-0.1, -0.05) is 39.5 Å². The van der Waals surface area contributed by atoms with Crippen molar-refractivity contribution in [2.75, 3.05) is 0 Å². The van der Waals surface area contributed by atoms with E-state index < -0.39 is 0 Å². The molecule has 0 aromatic heterocycles. The van der Waals surface area contributed by atoms with Crippen molar-refractivity contribution in [2.45, 2.75) is 52.4 Å². The molecule has 0 spiro atoms. The Morgan fingerprint density at radius 1 is 0.842 bits per heavy atom. The summed E-state index contributed by atoms with van der Waals surface area (Å²) in [6.45, 7) is 4.39. The third-order valence-electron chi connectivity index (χ3n) is 2.57. The van der Waals surface area contributed by atoms with E-state index in [1.807, 2.05) is 0 Å². The van der Waals surface area contributed by atoms with Crippen molar-refractivity contribution in [1.82, 2.24) is 0 Å². The number of allylic oxidation sites excluding steroid dienone is 8. The molecule has 0 radical (unpaired) electrons. The molecule has 0 nitrogen and oxygen atoms in total. The van der Waals surface area contributed by atoms with E-state index in [0.717, 1.165) is 12.8 Å². The number of hydrogen-bond donors (Lipinski definition) is 0. The molecule has 0 saturated carbocycles. The summed E-state index contributed by atoms with van der Waals surface area (Å²) in [5.41, 5.74) is 2.79. The van der Waals surface area contributed by atoms with E-state index in [-0.39, 0.29) is 51.0 Å². The van der Waals surface area contributed by atoms with Gasteiger partial charge in [0, 0.05) is 0 Å². The molecule has 0 amide bonds. The molecule has 2 aliphatic carbocycles. The molecular weight excluding hydrogens is 354 g/mol. The molecule has 0 N–H and O–H groups in total. The third-order valence-corrected chi connectivity index (χ3v) is 2.57. The van der Waals surface area contributed by atoms with Crippen molar-refractivity contribution >= 4 is 24.8 Å². The van der Waals surface area contributed by atoms with Gasteiger partial charge in [0.1, 0.15) is 0 Å². The van der Waals surface area contributed by atoms with Gasteiger partial charge in [-0.25, -0.2) is 23.3 Å². The van der Waals surface area contributed by atoms with Crippen molar-refractivity contribution in [1.29, 1.82) is 0 Å². The zero-order valence-corrected chi connectivity index (χ0v) is 16.0. The standard InChI is InChI=1S/2C8H11.2ClH.Zr/c2*1-2-5-8-6-3-4-7-8;;;/h2*3,6H,2,4-5H2,1H3;2*1H;/q2*-1;;;+2. The quantitative estimate of drug-likeness (QED) is 0.543. The van der Waals surface area contributed by atoms with Crippen LogP contribution < -0.4 is 0 Å². The maximum Gasteiger partial charge on any atom is 2.00 e. The molecule has 2 rings (SSSR count). The van der Waals surface area contributed by atoms with E-state index >= 15 is 0 Å². The Morgan fingerprint density at radius 2 is 1.21 bits per heavy atom. The van der Waals surface area contributed by atoms with Crippen LogP contribution in [0.2, 0.25) is 0 Å². The van der Waals surface area contributed by atoms with E-state index in [1.165, 1.54) is 36.8 Å². The van der Waals surface area contributed by atoms with Gasteiger partial charge in [-0.2, -0.15) is 12.2 Å². The number of halogens is 2. The first-order valence-electron chi connectivity index (χ1n) is 6.39. The van der Waals surface area contributed by atoms with Crippen LogP contribution in [0.1, 0.15) is 52.4 Å².